The molecule has 138 valence electrons. The van der Waals surface area contributed by atoms with Crippen LogP contribution in [0.2, 0.25) is 5.02 Å². The number of amides is 1. The molecule has 0 spiro atoms. The van der Waals surface area contributed by atoms with Gasteiger partial charge in [0.05, 0.1) is 6.04 Å². The lowest BCUT2D eigenvalue weighted by Gasteiger charge is -2.39. The molecule has 26 heavy (non-hydrogen) atoms. The van der Waals surface area contributed by atoms with Crippen molar-refractivity contribution >= 4 is 28.9 Å². The molecule has 0 aromatic heterocycles. The second kappa shape index (κ2) is 8.06. The maximum absolute atomic E-state index is 13.0. The highest BCUT2D eigenvalue weighted by molar-refractivity contribution is 6.30. The summed E-state index contributed by atoms with van der Waals surface area (Å²) in [6.45, 7) is 7.26. The van der Waals surface area contributed by atoms with Gasteiger partial charge in [0, 0.05) is 42.6 Å². The number of aryl methyl sites for hydroxylation is 1. The number of piperazine rings is 1. The molecule has 2 aromatic rings. The van der Waals surface area contributed by atoms with Gasteiger partial charge < -0.3 is 10.2 Å². The van der Waals surface area contributed by atoms with Crippen LogP contribution in [0.5, 0.6) is 0 Å². The van der Waals surface area contributed by atoms with Crippen LogP contribution in [0.1, 0.15) is 12.5 Å². The van der Waals surface area contributed by atoms with Crippen LogP contribution in [0.4, 0.5) is 15.8 Å². The maximum Gasteiger partial charge on any atom is 0.241 e. The molecule has 4 nitrogen and oxygen atoms in total. The Morgan fingerprint density at radius 2 is 1.77 bits per heavy atom. The van der Waals surface area contributed by atoms with E-state index >= 15 is 0 Å². The van der Waals surface area contributed by atoms with Gasteiger partial charge in [0.1, 0.15) is 5.82 Å². The van der Waals surface area contributed by atoms with E-state index in [1.807, 2.05) is 25.1 Å². The fourth-order valence-electron chi connectivity index (χ4n) is 3.22. The Labute approximate surface area is 158 Å². The molecule has 6 heteroatoms. The number of benzene rings is 2. The molecule has 2 aromatic carbocycles. The van der Waals surface area contributed by atoms with Gasteiger partial charge in [-0.15, -0.1) is 0 Å². The molecular formula is C20H23ClFN3O. The van der Waals surface area contributed by atoms with Gasteiger partial charge in [-0.1, -0.05) is 17.7 Å². The number of nitrogens with one attached hydrogen (secondary N) is 1. The van der Waals surface area contributed by atoms with E-state index in [1.54, 1.807) is 12.1 Å². The molecule has 1 amide bonds. The summed E-state index contributed by atoms with van der Waals surface area (Å²) in [6, 6.07) is 11.5. The van der Waals surface area contributed by atoms with Crippen molar-refractivity contribution in [1.82, 2.24) is 4.90 Å². The van der Waals surface area contributed by atoms with Gasteiger partial charge in [-0.05, 0) is 55.8 Å². The number of anilines is 2. The van der Waals surface area contributed by atoms with Crippen molar-refractivity contribution in [2.45, 2.75) is 19.9 Å². The van der Waals surface area contributed by atoms with Crippen LogP contribution in [-0.2, 0) is 4.79 Å². The summed E-state index contributed by atoms with van der Waals surface area (Å²) in [6.07, 6.45) is 0. The monoisotopic (exact) mass is 375 g/mol. The molecule has 0 radical (unpaired) electrons. The summed E-state index contributed by atoms with van der Waals surface area (Å²) in [7, 11) is 0. The number of carbonyl (C=O) groups excluding carboxylic acids is 1. The summed E-state index contributed by atoms with van der Waals surface area (Å²) in [5.41, 5.74) is 2.96. The predicted molar refractivity (Wildman–Crippen MR) is 104 cm³/mol. The van der Waals surface area contributed by atoms with Gasteiger partial charge in [0.2, 0.25) is 5.91 Å². The Bertz CT molecular complexity index is 773. The van der Waals surface area contributed by atoms with E-state index in [4.69, 9.17) is 11.6 Å². The Balaban J connectivity index is 1.57. The summed E-state index contributed by atoms with van der Waals surface area (Å²) in [4.78, 5) is 16.9. The first kappa shape index (κ1) is 18.7. The van der Waals surface area contributed by atoms with Crippen molar-refractivity contribution < 1.29 is 9.18 Å². The van der Waals surface area contributed by atoms with E-state index in [-0.39, 0.29) is 17.8 Å². The number of halogens is 2. The summed E-state index contributed by atoms with van der Waals surface area (Å²) in [5, 5.41) is 3.58. The fourth-order valence-corrected chi connectivity index (χ4v) is 3.39. The lowest BCUT2D eigenvalue weighted by molar-refractivity contribution is -0.120. The first-order chi connectivity index (χ1) is 12.4. The molecule has 1 N–H and O–H groups in total. The third-order valence-electron chi connectivity index (χ3n) is 4.87. The van der Waals surface area contributed by atoms with E-state index in [0.29, 0.717) is 5.69 Å². The van der Waals surface area contributed by atoms with Gasteiger partial charge in [-0.3, -0.25) is 9.69 Å². The Morgan fingerprint density at radius 1 is 1.12 bits per heavy atom. The molecule has 0 unspecified atom stereocenters. The number of carbonyl (C=O) groups is 1. The highest BCUT2D eigenvalue weighted by Gasteiger charge is 2.26. The molecule has 1 atom stereocenters. The van der Waals surface area contributed by atoms with Crippen molar-refractivity contribution in [1.29, 1.82) is 0 Å². The zero-order valence-electron chi connectivity index (χ0n) is 15.0. The number of rotatable bonds is 4. The largest absolute Gasteiger partial charge is 0.369 e. The van der Waals surface area contributed by atoms with Gasteiger partial charge in [0.25, 0.3) is 0 Å². The zero-order valence-corrected chi connectivity index (χ0v) is 15.8. The lowest BCUT2D eigenvalue weighted by Crippen LogP contribution is -2.53. The van der Waals surface area contributed by atoms with Crippen molar-refractivity contribution in [2.24, 2.45) is 0 Å². The highest BCUT2D eigenvalue weighted by atomic mass is 35.5. The summed E-state index contributed by atoms with van der Waals surface area (Å²) >= 11 is 6.13. The van der Waals surface area contributed by atoms with Crippen LogP contribution >= 0.6 is 11.6 Å². The van der Waals surface area contributed by atoms with Crippen LogP contribution < -0.4 is 10.2 Å². The van der Waals surface area contributed by atoms with Gasteiger partial charge in [0.15, 0.2) is 0 Å². The molecule has 0 bridgehead atoms. The SMILES string of the molecule is Cc1ccc(Cl)cc1N1CCN([C@@H](C)C(=O)Nc2ccc(F)cc2)CC1. The van der Waals surface area contributed by atoms with Gasteiger partial charge >= 0.3 is 0 Å². The van der Waals surface area contributed by atoms with Crippen LogP contribution in [0.25, 0.3) is 0 Å². The molecule has 1 aliphatic rings. The highest BCUT2D eigenvalue weighted by Crippen LogP contribution is 2.25. The predicted octanol–water partition coefficient (Wildman–Crippen LogP) is 3.94. The van der Waals surface area contributed by atoms with E-state index in [9.17, 15) is 9.18 Å². The van der Waals surface area contributed by atoms with Crippen LogP contribution in [0.3, 0.4) is 0 Å². The fraction of sp³-hybridized carbons (Fsp3) is 0.350. The number of hydrogen-bond acceptors (Lipinski definition) is 3. The molecule has 1 saturated heterocycles. The van der Waals surface area contributed by atoms with Gasteiger partial charge in [-0.2, -0.15) is 0 Å². The molecular weight excluding hydrogens is 353 g/mol. The Hall–Kier alpha value is -2.11. The normalized spacial score (nSPS) is 16.4. The van der Waals surface area contributed by atoms with E-state index in [1.165, 1.54) is 17.7 Å². The smallest absolute Gasteiger partial charge is 0.241 e. The molecule has 0 saturated carbocycles. The molecule has 1 heterocycles. The maximum atomic E-state index is 13.0. The van der Waals surface area contributed by atoms with Gasteiger partial charge in [-0.25, -0.2) is 4.39 Å². The molecule has 1 fully saturated rings. The first-order valence-electron chi connectivity index (χ1n) is 8.75. The van der Waals surface area contributed by atoms with Crippen molar-refractivity contribution in [3.05, 3.63) is 58.9 Å². The standard InChI is InChI=1S/C20H23ClFN3O/c1-14-3-4-16(21)13-19(14)25-11-9-24(10-12-25)15(2)20(26)23-18-7-5-17(22)6-8-18/h3-8,13,15H,9-12H2,1-2H3,(H,23,26)/t15-/m0/s1. The van der Waals surface area contributed by atoms with Crippen molar-refractivity contribution in [3.63, 3.8) is 0 Å². The van der Waals surface area contributed by atoms with E-state index < -0.39 is 0 Å². The average molecular weight is 376 g/mol. The second-order valence-corrected chi connectivity index (χ2v) is 7.06. The molecule has 1 aliphatic heterocycles. The minimum absolute atomic E-state index is 0.0796. The minimum Gasteiger partial charge on any atom is -0.369 e. The Morgan fingerprint density at radius 3 is 2.42 bits per heavy atom. The number of nitrogens with zero attached hydrogens (tertiary/aromatic N) is 2. The molecule has 3 rings (SSSR count). The third kappa shape index (κ3) is 4.34. The van der Waals surface area contributed by atoms with Crippen LogP contribution in [0.15, 0.2) is 42.5 Å². The summed E-state index contributed by atoms with van der Waals surface area (Å²) < 4.78 is 13.0. The number of hydrogen-bond donors (Lipinski definition) is 1. The van der Waals surface area contributed by atoms with E-state index in [0.717, 1.165) is 36.9 Å². The zero-order chi connectivity index (χ0) is 18.7. The summed E-state index contributed by atoms with van der Waals surface area (Å²) in [5.74, 6) is -0.396. The Kier molecular flexibility index (Phi) is 5.79. The lowest BCUT2D eigenvalue weighted by atomic mass is 10.1. The van der Waals surface area contributed by atoms with Crippen LogP contribution in [0, 0.1) is 12.7 Å². The third-order valence-corrected chi connectivity index (χ3v) is 5.10. The minimum atomic E-state index is -0.316. The van der Waals surface area contributed by atoms with Crippen LogP contribution in [-0.4, -0.2) is 43.0 Å². The molecule has 0 aliphatic carbocycles. The van der Waals surface area contributed by atoms with Crippen molar-refractivity contribution in [3.8, 4) is 0 Å². The van der Waals surface area contributed by atoms with Crippen molar-refractivity contribution in [2.75, 3.05) is 36.4 Å². The van der Waals surface area contributed by atoms with E-state index in [2.05, 4.69) is 22.0 Å². The quantitative estimate of drug-likeness (QED) is 0.879. The average Bonchev–Trinajstić information content (AvgIpc) is 2.65. The first-order valence-corrected chi connectivity index (χ1v) is 9.13. The topological polar surface area (TPSA) is 35.6 Å². The second-order valence-electron chi connectivity index (χ2n) is 6.63.